The Balaban J connectivity index is 2.23. The third-order valence-electron chi connectivity index (χ3n) is 4.77. The predicted octanol–water partition coefficient (Wildman–Crippen LogP) is 4.78. The zero-order chi connectivity index (χ0) is 19.6. The Morgan fingerprint density at radius 1 is 1.00 bits per heavy atom. The maximum absolute atomic E-state index is 12.4. The number of rotatable bonds is 10. The first-order valence-corrected chi connectivity index (χ1v) is 9.14. The van der Waals surface area contributed by atoms with Crippen molar-refractivity contribution in [3.05, 3.63) is 84.4 Å². The maximum atomic E-state index is 12.4. The standard InChI is InChI=1S/C23H26O4/c1-3-16-27-23(26)21(22(24)25)20(19-12-8-5-9-13-19)15-14-17(2)18-10-6-4-7-11-18/h3-13,17,20-21H,1,14-16H2,2H3,(H,24,25). The molecule has 0 aliphatic rings. The number of hydrogen-bond acceptors (Lipinski definition) is 3. The molecule has 0 amide bonds. The number of aliphatic carboxylic acids is 1. The lowest BCUT2D eigenvalue weighted by atomic mass is 9.80. The zero-order valence-electron chi connectivity index (χ0n) is 15.6. The molecule has 142 valence electrons. The summed E-state index contributed by atoms with van der Waals surface area (Å²) in [5.41, 5.74) is 2.03. The summed E-state index contributed by atoms with van der Waals surface area (Å²) in [6.07, 6.45) is 2.77. The van der Waals surface area contributed by atoms with Gasteiger partial charge < -0.3 is 9.84 Å². The van der Waals surface area contributed by atoms with E-state index in [1.54, 1.807) is 0 Å². The molecule has 0 heterocycles. The quantitative estimate of drug-likeness (QED) is 0.373. The van der Waals surface area contributed by atoms with Gasteiger partial charge in [0.05, 0.1) is 0 Å². The second-order valence-electron chi connectivity index (χ2n) is 6.64. The Hall–Kier alpha value is -2.88. The molecule has 3 unspecified atom stereocenters. The Bertz CT molecular complexity index is 739. The van der Waals surface area contributed by atoms with Crippen LogP contribution >= 0.6 is 0 Å². The van der Waals surface area contributed by atoms with Crippen molar-refractivity contribution in [3.8, 4) is 0 Å². The molecule has 0 saturated carbocycles. The fourth-order valence-electron chi connectivity index (χ4n) is 3.27. The van der Waals surface area contributed by atoms with Gasteiger partial charge in [0.25, 0.3) is 0 Å². The van der Waals surface area contributed by atoms with Gasteiger partial charge in [0.2, 0.25) is 0 Å². The van der Waals surface area contributed by atoms with Crippen LogP contribution in [-0.4, -0.2) is 23.7 Å². The first-order chi connectivity index (χ1) is 13.0. The third-order valence-corrected chi connectivity index (χ3v) is 4.77. The van der Waals surface area contributed by atoms with Gasteiger partial charge in [0, 0.05) is 5.92 Å². The minimum atomic E-state index is -1.24. The number of carbonyl (C=O) groups excluding carboxylic acids is 1. The number of ether oxygens (including phenoxy) is 1. The van der Waals surface area contributed by atoms with E-state index in [0.717, 1.165) is 12.0 Å². The van der Waals surface area contributed by atoms with Gasteiger partial charge in [-0.15, -0.1) is 0 Å². The van der Waals surface area contributed by atoms with Crippen LogP contribution in [-0.2, 0) is 14.3 Å². The average Bonchev–Trinajstić information content (AvgIpc) is 2.70. The summed E-state index contributed by atoms with van der Waals surface area (Å²) in [4.78, 5) is 24.3. The first-order valence-electron chi connectivity index (χ1n) is 9.14. The lowest BCUT2D eigenvalue weighted by Crippen LogP contribution is -2.32. The molecule has 0 bridgehead atoms. The molecule has 0 spiro atoms. The normalized spacial score (nSPS) is 14.0. The van der Waals surface area contributed by atoms with Gasteiger partial charge >= 0.3 is 11.9 Å². The number of esters is 1. The molecule has 0 aliphatic carbocycles. The van der Waals surface area contributed by atoms with E-state index in [-0.39, 0.29) is 12.5 Å². The number of benzene rings is 2. The second kappa shape index (κ2) is 10.3. The molecule has 2 aromatic carbocycles. The summed E-state index contributed by atoms with van der Waals surface area (Å²) in [6.45, 7) is 5.63. The van der Waals surface area contributed by atoms with Crippen LogP contribution in [0.3, 0.4) is 0 Å². The summed E-state index contributed by atoms with van der Waals surface area (Å²) < 4.78 is 5.07. The maximum Gasteiger partial charge on any atom is 0.321 e. The molecular formula is C23H26O4. The SMILES string of the molecule is C=CCOC(=O)C(C(=O)O)C(CCC(C)c1ccccc1)c1ccccc1. The van der Waals surface area contributed by atoms with Gasteiger partial charge in [-0.25, -0.2) is 0 Å². The molecule has 0 aliphatic heterocycles. The van der Waals surface area contributed by atoms with Gasteiger partial charge in [-0.2, -0.15) is 0 Å². The van der Waals surface area contributed by atoms with Crippen LogP contribution in [0.5, 0.6) is 0 Å². The van der Waals surface area contributed by atoms with Crippen molar-refractivity contribution in [1.82, 2.24) is 0 Å². The second-order valence-corrected chi connectivity index (χ2v) is 6.64. The van der Waals surface area contributed by atoms with E-state index in [1.807, 2.05) is 48.5 Å². The Labute approximate surface area is 160 Å². The van der Waals surface area contributed by atoms with E-state index < -0.39 is 23.8 Å². The molecule has 0 radical (unpaired) electrons. The lowest BCUT2D eigenvalue weighted by Gasteiger charge is -2.24. The molecule has 4 nitrogen and oxygen atoms in total. The average molecular weight is 366 g/mol. The Morgan fingerprint density at radius 2 is 1.56 bits per heavy atom. The van der Waals surface area contributed by atoms with Crippen molar-refractivity contribution < 1.29 is 19.4 Å². The summed E-state index contributed by atoms with van der Waals surface area (Å²) in [7, 11) is 0. The van der Waals surface area contributed by atoms with Gasteiger partial charge in [-0.3, -0.25) is 9.59 Å². The minimum absolute atomic E-state index is 0.00451. The third kappa shape index (κ3) is 5.81. The molecule has 2 rings (SSSR count). The summed E-state index contributed by atoms with van der Waals surface area (Å²) in [6, 6.07) is 19.4. The zero-order valence-corrected chi connectivity index (χ0v) is 15.6. The number of hydrogen-bond donors (Lipinski definition) is 1. The molecule has 0 saturated heterocycles. The van der Waals surface area contributed by atoms with Gasteiger partial charge in [-0.1, -0.05) is 80.2 Å². The highest BCUT2D eigenvalue weighted by molar-refractivity contribution is 5.95. The van der Waals surface area contributed by atoms with Crippen LogP contribution in [0.15, 0.2) is 73.3 Å². The highest BCUT2D eigenvalue weighted by Gasteiger charge is 2.37. The first kappa shape index (κ1) is 20.4. The van der Waals surface area contributed by atoms with Crippen molar-refractivity contribution in [1.29, 1.82) is 0 Å². The van der Waals surface area contributed by atoms with Gasteiger partial charge in [0.15, 0.2) is 5.92 Å². The lowest BCUT2D eigenvalue weighted by molar-refractivity contribution is -0.159. The predicted molar refractivity (Wildman–Crippen MR) is 106 cm³/mol. The van der Waals surface area contributed by atoms with Crippen LogP contribution in [0.4, 0.5) is 0 Å². The van der Waals surface area contributed by atoms with E-state index >= 15 is 0 Å². The largest absolute Gasteiger partial charge is 0.481 e. The molecule has 0 fully saturated rings. The molecule has 3 atom stereocenters. The van der Waals surface area contributed by atoms with Gasteiger partial charge in [0.1, 0.15) is 6.61 Å². The molecule has 1 N–H and O–H groups in total. The molecule has 4 heteroatoms. The van der Waals surface area contributed by atoms with E-state index in [1.165, 1.54) is 11.6 Å². The number of carboxylic acids is 1. The van der Waals surface area contributed by atoms with Gasteiger partial charge in [-0.05, 0) is 29.9 Å². The smallest absolute Gasteiger partial charge is 0.321 e. The monoisotopic (exact) mass is 366 g/mol. The Morgan fingerprint density at radius 3 is 2.07 bits per heavy atom. The van der Waals surface area contributed by atoms with Crippen molar-refractivity contribution in [3.63, 3.8) is 0 Å². The van der Waals surface area contributed by atoms with Crippen molar-refractivity contribution in [2.45, 2.75) is 31.6 Å². The van der Waals surface area contributed by atoms with E-state index in [9.17, 15) is 14.7 Å². The number of carbonyl (C=O) groups is 2. The molecule has 0 aromatic heterocycles. The fourth-order valence-corrected chi connectivity index (χ4v) is 3.27. The van der Waals surface area contributed by atoms with Crippen LogP contribution in [0, 0.1) is 5.92 Å². The van der Waals surface area contributed by atoms with Crippen molar-refractivity contribution >= 4 is 11.9 Å². The van der Waals surface area contributed by atoms with E-state index in [4.69, 9.17) is 4.74 Å². The molecule has 27 heavy (non-hydrogen) atoms. The fraction of sp³-hybridized carbons (Fsp3) is 0.304. The minimum Gasteiger partial charge on any atom is -0.481 e. The van der Waals surface area contributed by atoms with Crippen LogP contribution < -0.4 is 0 Å². The van der Waals surface area contributed by atoms with Crippen molar-refractivity contribution in [2.75, 3.05) is 6.61 Å². The van der Waals surface area contributed by atoms with Crippen LogP contribution in [0.1, 0.15) is 42.7 Å². The van der Waals surface area contributed by atoms with Crippen LogP contribution in [0.25, 0.3) is 0 Å². The number of carboxylic acid groups (broad SMARTS) is 1. The molecular weight excluding hydrogens is 340 g/mol. The highest BCUT2D eigenvalue weighted by Crippen LogP contribution is 2.34. The van der Waals surface area contributed by atoms with E-state index in [2.05, 4.69) is 25.6 Å². The summed E-state index contributed by atoms with van der Waals surface area (Å²) in [5.74, 6) is -3.31. The summed E-state index contributed by atoms with van der Waals surface area (Å²) in [5, 5.41) is 9.73. The molecule has 2 aromatic rings. The van der Waals surface area contributed by atoms with Crippen LogP contribution in [0.2, 0.25) is 0 Å². The topological polar surface area (TPSA) is 63.6 Å². The van der Waals surface area contributed by atoms with E-state index in [0.29, 0.717) is 6.42 Å². The Kier molecular flexibility index (Phi) is 7.80. The van der Waals surface area contributed by atoms with Crippen molar-refractivity contribution in [2.24, 2.45) is 5.92 Å². The summed E-state index contributed by atoms with van der Waals surface area (Å²) >= 11 is 0. The highest BCUT2D eigenvalue weighted by atomic mass is 16.5.